The molecule has 0 fully saturated rings. The van der Waals surface area contributed by atoms with Gasteiger partial charge in [0.2, 0.25) is 0 Å². The summed E-state index contributed by atoms with van der Waals surface area (Å²) >= 11 is 0. The number of Topliss-reactive ketones (excluding diaryl/α,β-unsaturated/α-hetero) is 1. The number of hydrogen-bond donors (Lipinski definition) is 0. The number of carbonyl (C=O) groups excluding carboxylic acids is 1. The van der Waals surface area contributed by atoms with Crippen LogP contribution in [-0.2, 0) is 6.18 Å². The molecule has 0 aliphatic carbocycles. The lowest BCUT2D eigenvalue weighted by Crippen LogP contribution is -2.13. The van der Waals surface area contributed by atoms with Crippen LogP contribution in [0.5, 0.6) is 5.75 Å². The third kappa shape index (κ3) is 3.18. The highest BCUT2D eigenvalue weighted by Gasteiger charge is 2.36. The van der Waals surface area contributed by atoms with Crippen molar-refractivity contribution in [3.63, 3.8) is 0 Å². The molecule has 2 nitrogen and oxygen atoms in total. The van der Waals surface area contributed by atoms with Crippen molar-refractivity contribution in [3.8, 4) is 5.75 Å². The zero-order valence-corrected chi connectivity index (χ0v) is 9.44. The van der Waals surface area contributed by atoms with Crippen LogP contribution in [0.1, 0.15) is 28.4 Å². The maximum Gasteiger partial charge on any atom is 0.419 e. The van der Waals surface area contributed by atoms with Crippen molar-refractivity contribution in [3.05, 3.63) is 28.8 Å². The van der Waals surface area contributed by atoms with Gasteiger partial charge in [0, 0.05) is 5.56 Å². The van der Waals surface area contributed by atoms with Gasteiger partial charge in [0.15, 0.2) is 5.78 Å². The Hall–Kier alpha value is -1.66. The van der Waals surface area contributed by atoms with Crippen LogP contribution < -0.4 is 4.74 Å². The Morgan fingerprint density at radius 2 is 1.83 bits per heavy atom. The smallest absolute Gasteiger partial charge is 0.419 e. The molecule has 0 bridgehead atoms. The Kier molecular flexibility index (Phi) is 3.93. The van der Waals surface area contributed by atoms with Gasteiger partial charge in [-0.25, -0.2) is 0 Å². The fourth-order valence-electron chi connectivity index (χ4n) is 1.48. The van der Waals surface area contributed by atoms with E-state index in [1.807, 2.05) is 0 Å². The lowest BCUT2D eigenvalue weighted by Gasteiger charge is -2.15. The van der Waals surface area contributed by atoms with E-state index in [1.165, 1.54) is 6.92 Å². The minimum absolute atomic E-state index is 0.0523. The van der Waals surface area contributed by atoms with Crippen molar-refractivity contribution in [1.82, 2.24) is 0 Å². The molecular weight excluding hydrogens is 259 g/mol. The van der Waals surface area contributed by atoms with Crippen LogP contribution in [0.4, 0.5) is 22.0 Å². The fraction of sp³-hybridized carbons (Fsp3) is 0.364. The van der Waals surface area contributed by atoms with Crippen LogP contribution in [0, 0.1) is 6.92 Å². The average Bonchev–Trinajstić information content (AvgIpc) is 2.17. The largest absolute Gasteiger partial charge is 0.434 e. The first-order valence-corrected chi connectivity index (χ1v) is 4.80. The fourth-order valence-corrected chi connectivity index (χ4v) is 1.48. The maximum atomic E-state index is 12.6. The second-order valence-corrected chi connectivity index (χ2v) is 3.60. The highest BCUT2D eigenvalue weighted by atomic mass is 19.4. The summed E-state index contributed by atoms with van der Waals surface area (Å²) in [5.74, 6) is -1.58. The molecule has 0 unspecified atom stereocenters. The molecule has 0 saturated carbocycles. The van der Waals surface area contributed by atoms with Gasteiger partial charge < -0.3 is 4.74 Å². The van der Waals surface area contributed by atoms with E-state index in [2.05, 4.69) is 4.74 Å². The van der Waals surface area contributed by atoms with Gasteiger partial charge in [-0.3, -0.25) is 4.79 Å². The van der Waals surface area contributed by atoms with Gasteiger partial charge in [-0.1, -0.05) is 0 Å². The number of alkyl halides is 5. The van der Waals surface area contributed by atoms with Gasteiger partial charge in [-0.05, 0) is 31.5 Å². The van der Waals surface area contributed by atoms with Gasteiger partial charge in [0.25, 0.3) is 0 Å². The van der Waals surface area contributed by atoms with Crippen molar-refractivity contribution in [1.29, 1.82) is 0 Å². The zero-order chi connectivity index (χ0) is 14.1. The van der Waals surface area contributed by atoms with Crippen LogP contribution in [0.25, 0.3) is 0 Å². The van der Waals surface area contributed by atoms with Gasteiger partial charge in [0.1, 0.15) is 5.75 Å². The molecule has 1 rings (SSSR count). The Balaban J connectivity index is 3.42. The molecule has 1 aromatic carbocycles. The molecule has 0 saturated heterocycles. The predicted molar refractivity (Wildman–Crippen MR) is 52.8 cm³/mol. The van der Waals surface area contributed by atoms with E-state index in [4.69, 9.17) is 0 Å². The van der Waals surface area contributed by atoms with Crippen LogP contribution in [0.3, 0.4) is 0 Å². The van der Waals surface area contributed by atoms with E-state index in [9.17, 15) is 26.7 Å². The Morgan fingerprint density at radius 1 is 1.28 bits per heavy atom. The monoisotopic (exact) mass is 268 g/mol. The minimum atomic E-state index is -4.83. The van der Waals surface area contributed by atoms with Crippen molar-refractivity contribution in [2.24, 2.45) is 0 Å². The first kappa shape index (κ1) is 14.4. The third-order valence-corrected chi connectivity index (χ3v) is 2.23. The normalized spacial score (nSPS) is 11.8. The van der Waals surface area contributed by atoms with Gasteiger partial charge in [-0.2, -0.15) is 22.0 Å². The lowest BCUT2D eigenvalue weighted by atomic mass is 10.0. The zero-order valence-electron chi connectivity index (χ0n) is 9.44. The summed E-state index contributed by atoms with van der Waals surface area (Å²) in [5.41, 5.74) is -1.36. The van der Waals surface area contributed by atoms with E-state index in [-0.39, 0.29) is 11.1 Å². The lowest BCUT2D eigenvalue weighted by molar-refractivity contribution is -0.141. The van der Waals surface area contributed by atoms with Crippen LogP contribution >= 0.6 is 0 Å². The summed E-state index contributed by atoms with van der Waals surface area (Å²) in [7, 11) is 0. The van der Waals surface area contributed by atoms with Crippen LogP contribution in [0.2, 0.25) is 0 Å². The van der Waals surface area contributed by atoms with Crippen molar-refractivity contribution < 1.29 is 31.5 Å². The van der Waals surface area contributed by atoms with Crippen molar-refractivity contribution in [2.45, 2.75) is 26.6 Å². The topological polar surface area (TPSA) is 26.3 Å². The number of aryl methyl sites for hydroxylation is 1. The second kappa shape index (κ2) is 4.91. The SMILES string of the molecule is CC(=O)c1cc(OC(F)F)c(C(F)(F)F)cc1C. The number of benzene rings is 1. The molecule has 0 atom stereocenters. The Labute approximate surface area is 99.4 Å². The van der Waals surface area contributed by atoms with Crippen molar-refractivity contribution >= 4 is 5.78 Å². The van der Waals surface area contributed by atoms with E-state index in [0.717, 1.165) is 6.92 Å². The van der Waals surface area contributed by atoms with Crippen LogP contribution in [-0.4, -0.2) is 12.4 Å². The number of carbonyl (C=O) groups is 1. The third-order valence-electron chi connectivity index (χ3n) is 2.23. The predicted octanol–water partition coefficient (Wildman–Crippen LogP) is 3.82. The second-order valence-electron chi connectivity index (χ2n) is 3.60. The Bertz CT molecular complexity index is 465. The van der Waals surface area contributed by atoms with E-state index in [0.29, 0.717) is 12.1 Å². The first-order valence-electron chi connectivity index (χ1n) is 4.80. The summed E-state index contributed by atoms with van der Waals surface area (Å²) in [6.45, 7) is -0.978. The standard InChI is InChI=1S/C11H9F5O2/c1-5-3-8(11(14,15)16)9(18-10(12)13)4-7(5)6(2)17/h3-4,10H,1-2H3. The molecule has 100 valence electrons. The van der Waals surface area contributed by atoms with Gasteiger partial charge >= 0.3 is 12.8 Å². The molecule has 1 aromatic rings. The maximum absolute atomic E-state index is 12.6. The number of halogens is 5. The Morgan fingerprint density at radius 3 is 2.22 bits per heavy atom. The molecule has 0 aliphatic heterocycles. The quantitative estimate of drug-likeness (QED) is 0.615. The molecule has 7 heteroatoms. The molecule has 0 aliphatic rings. The summed E-state index contributed by atoms with van der Waals surface area (Å²) < 4.78 is 65.7. The van der Waals surface area contributed by atoms with E-state index >= 15 is 0 Å². The number of hydrogen-bond acceptors (Lipinski definition) is 2. The number of ketones is 1. The average molecular weight is 268 g/mol. The molecule has 0 spiro atoms. The van der Waals surface area contributed by atoms with Gasteiger partial charge in [-0.15, -0.1) is 0 Å². The highest BCUT2D eigenvalue weighted by molar-refractivity contribution is 5.96. The number of rotatable bonds is 3. The molecule has 0 heterocycles. The van der Waals surface area contributed by atoms with E-state index in [1.54, 1.807) is 0 Å². The number of ether oxygens (including phenoxy) is 1. The molecule has 18 heavy (non-hydrogen) atoms. The van der Waals surface area contributed by atoms with Crippen LogP contribution in [0.15, 0.2) is 12.1 Å². The first-order chi connectivity index (χ1) is 8.12. The molecular formula is C11H9F5O2. The molecule has 0 aromatic heterocycles. The molecule has 0 amide bonds. The van der Waals surface area contributed by atoms with Gasteiger partial charge in [0.05, 0.1) is 5.56 Å². The molecule has 0 N–H and O–H groups in total. The minimum Gasteiger partial charge on any atom is -0.434 e. The highest BCUT2D eigenvalue weighted by Crippen LogP contribution is 2.38. The summed E-state index contributed by atoms with van der Waals surface area (Å²) in [6, 6.07) is 1.31. The van der Waals surface area contributed by atoms with E-state index < -0.39 is 29.9 Å². The summed E-state index contributed by atoms with van der Waals surface area (Å²) in [6.07, 6.45) is -4.83. The summed E-state index contributed by atoms with van der Waals surface area (Å²) in [5, 5.41) is 0. The van der Waals surface area contributed by atoms with Crippen molar-refractivity contribution in [2.75, 3.05) is 0 Å². The summed E-state index contributed by atoms with van der Waals surface area (Å²) in [4.78, 5) is 11.1. The molecule has 0 radical (unpaired) electrons.